The number of aromatic nitrogens is 1. The highest BCUT2D eigenvalue weighted by molar-refractivity contribution is 5.95. The predicted octanol–water partition coefficient (Wildman–Crippen LogP) is 7.30. The second-order valence-electron chi connectivity index (χ2n) is 12.9. The van der Waals surface area contributed by atoms with Crippen LogP contribution in [-0.4, -0.2) is 42.2 Å². The lowest BCUT2D eigenvalue weighted by Gasteiger charge is -2.19. The van der Waals surface area contributed by atoms with E-state index in [1.165, 1.54) is 32.6 Å². The molecule has 0 saturated heterocycles. The summed E-state index contributed by atoms with van der Waals surface area (Å²) in [5, 5.41) is 12.7. The van der Waals surface area contributed by atoms with Crippen molar-refractivity contribution in [1.29, 1.82) is 0 Å². The number of nitrogens with zero attached hydrogens (tertiary/aromatic N) is 1. The molecule has 0 aliphatic heterocycles. The Morgan fingerprint density at radius 1 is 1.02 bits per heavy atom. The molecule has 2 aromatic carbocycles. The van der Waals surface area contributed by atoms with Crippen LogP contribution in [0.1, 0.15) is 91.8 Å². The standard InChI is InChI=1S/C37H46N2O6/c1-23-18-31(35(40)39-32(36(41)42)21-26-12-17-33(43-6)34(22-26)44-7)38-30(20-25-10-8-9-11-25)29(23)19-24(2)45-28-15-13-27(14-16-28)37(3,4)5/h12-19,22,25,32H,8-11,20-21H2,1-7H3,(H,39,40)(H,41,42)/b24-19+/t32-/m0/s1. The number of carboxylic acid groups (broad SMARTS) is 1. The van der Waals surface area contributed by atoms with Gasteiger partial charge in [-0.1, -0.05) is 64.7 Å². The first-order chi connectivity index (χ1) is 21.4. The number of ether oxygens (including phenoxy) is 3. The first-order valence-electron chi connectivity index (χ1n) is 15.6. The molecule has 0 bridgehead atoms. The van der Waals surface area contributed by atoms with Gasteiger partial charge >= 0.3 is 5.97 Å². The van der Waals surface area contributed by atoms with Gasteiger partial charge in [0.15, 0.2) is 11.5 Å². The van der Waals surface area contributed by atoms with Crippen LogP contribution in [0.15, 0.2) is 54.3 Å². The van der Waals surface area contributed by atoms with Gasteiger partial charge in [-0.2, -0.15) is 0 Å². The molecule has 1 fully saturated rings. The number of hydrogen-bond acceptors (Lipinski definition) is 6. The van der Waals surface area contributed by atoms with Gasteiger partial charge in [0.25, 0.3) is 5.91 Å². The van der Waals surface area contributed by atoms with Gasteiger partial charge in [0, 0.05) is 17.7 Å². The highest BCUT2D eigenvalue weighted by atomic mass is 16.5. The van der Waals surface area contributed by atoms with Crippen molar-refractivity contribution >= 4 is 18.0 Å². The lowest BCUT2D eigenvalue weighted by molar-refractivity contribution is -0.139. The molecule has 0 unspecified atom stereocenters. The monoisotopic (exact) mass is 614 g/mol. The molecule has 1 aromatic heterocycles. The number of aliphatic carboxylic acids is 1. The molecule has 1 atom stereocenters. The largest absolute Gasteiger partial charge is 0.493 e. The van der Waals surface area contributed by atoms with E-state index in [1.54, 1.807) is 24.3 Å². The zero-order valence-electron chi connectivity index (χ0n) is 27.5. The minimum atomic E-state index is -1.16. The number of pyridine rings is 1. The summed E-state index contributed by atoms with van der Waals surface area (Å²) in [5.74, 6) is 1.33. The number of rotatable bonds is 12. The number of allylic oxidation sites excluding steroid dienone is 1. The van der Waals surface area contributed by atoms with E-state index < -0.39 is 17.9 Å². The average Bonchev–Trinajstić information content (AvgIpc) is 3.51. The van der Waals surface area contributed by atoms with Crippen LogP contribution in [0.25, 0.3) is 6.08 Å². The van der Waals surface area contributed by atoms with Crippen LogP contribution in [0.4, 0.5) is 0 Å². The van der Waals surface area contributed by atoms with Crippen LogP contribution in [0.2, 0.25) is 0 Å². The van der Waals surface area contributed by atoms with E-state index in [2.05, 4.69) is 38.2 Å². The van der Waals surface area contributed by atoms with Gasteiger partial charge in [-0.05, 0) is 84.7 Å². The number of carboxylic acids is 1. The van der Waals surface area contributed by atoms with Gasteiger partial charge in [-0.25, -0.2) is 9.78 Å². The Balaban J connectivity index is 1.58. The third-order valence-corrected chi connectivity index (χ3v) is 8.37. The number of amides is 1. The molecule has 1 aliphatic rings. The van der Waals surface area contributed by atoms with Crippen molar-refractivity contribution < 1.29 is 28.9 Å². The fourth-order valence-electron chi connectivity index (χ4n) is 5.82. The predicted molar refractivity (Wildman–Crippen MR) is 176 cm³/mol. The molecule has 8 heteroatoms. The Morgan fingerprint density at radius 3 is 2.29 bits per heavy atom. The van der Waals surface area contributed by atoms with Crippen LogP contribution in [0.5, 0.6) is 17.2 Å². The van der Waals surface area contributed by atoms with Crippen molar-refractivity contribution in [3.63, 3.8) is 0 Å². The van der Waals surface area contributed by atoms with Crippen molar-refractivity contribution in [3.05, 3.63) is 87.9 Å². The lowest BCUT2D eigenvalue weighted by Crippen LogP contribution is -2.42. The van der Waals surface area contributed by atoms with Gasteiger partial charge in [-0.3, -0.25) is 4.79 Å². The molecule has 45 heavy (non-hydrogen) atoms. The minimum Gasteiger partial charge on any atom is -0.493 e. The fourth-order valence-corrected chi connectivity index (χ4v) is 5.82. The maximum absolute atomic E-state index is 13.5. The second kappa shape index (κ2) is 14.6. The Labute approximate surface area is 266 Å². The molecular weight excluding hydrogens is 568 g/mol. The quantitative estimate of drug-likeness (QED) is 0.206. The van der Waals surface area contributed by atoms with Gasteiger partial charge < -0.3 is 24.6 Å². The van der Waals surface area contributed by atoms with E-state index in [4.69, 9.17) is 19.2 Å². The van der Waals surface area contributed by atoms with Gasteiger partial charge in [0.1, 0.15) is 23.2 Å². The summed E-state index contributed by atoms with van der Waals surface area (Å²) >= 11 is 0. The number of benzene rings is 2. The summed E-state index contributed by atoms with van der Waals surface area (Å²) in [7, 11) is 3.06. The third kappa shape index (κ3) is 8.87. The Bertz CT molecular complexity index is 1530. The molecule has 4 rings (SSSR count). The van der Waals surface area contributed by atoms with Crippen LogP contribution in [-0.2, 0) is 23.1 Å². The van der Waals surface area contributed by atoms with E-state index in [-0.39, 0.29) is 17.5 Å². The van der Waals surface area contributed by atoms with Crippen LogP contribution >= 0.6 is 0 Å². The molecule has 240 valence electrons. The maximum Gasteiger partial charge on any atom is 0.326 e. The molecule has 3 aromatic rings. The third-order valence-electron chi connectivity index (χ3n) is 8.37. The Hall–Kier alpha value is -4.33. The topological polar surface area (TPSA) is 107 Å². The summed E-state index contributed by atoms with van der Waals surface area (Å²) in [4.78, 5) is 30.5. The Kier molecular flexibility index (Phi) is 10.9. The van der Waals surface area contributed by atoms with Gasteiger partial charge in [-0.15, -0.1) is 0 Å². The summed E-state index contributed by atoms with van der Waals surface area (Å²) in [5.41, 5.74) is 4.82. The molecule has 1 saturated carbocycles. The molecular formula is C37H46N2O6. The Morgan fingerprint density at radius 2 is 1.69 bits per heavy atom. The smallest absolute Gasteiger partial charge is 0.326 e. The normalized spacial score (nSPS) is 14.6. The van der Waals surface area contributed by atoms with Gasteiger partial charge in [0.2, 0.25) is 0 Å². The number of hydrogen-bond donors (Lipinski definition) is 2. The van der Waals surface area contributed by atoms with E-state index in [1.807, 2.05) is 32.1 Å². The molecule has 1 amide bonds. The number of carbonyl (C=O) groups is 2. The first-order valence-corrected chi connectivity index (χ1v) is 15.6. The second-order valence-corrected chi connectivity index (χ2v) is 12.9. The number of nitrogens with one attached hydrogen (secondary N) is 1. The minimum absolute atomic E-state index is 0.0586. The van der Waals surface area contributed by atoms with E-state index in [9.17, 15) is 14.7 Å². The average molecular weight is 615 g/mol. The summed E-state index contributed by atoms with van der Waals surface area (Å²) in [6.45, 7) is 10.4. The molecule has 8 nitrogen and oxygen atoms in total. The summed E-state index contributed by atoms with van der Waals surface area (Å²) in [6, 6.07) is 13.9. The van der Waals surface area contributed by atoms with E-state index in [0.29, 0.717) is 28.7 Å². The fraction of sp³-hybridized carbons (Fsp3) is 0.432. The maximum atomic E-state index is 13.5. The van der Waals surface area contributed by atoms with Gasteiger partial charge in [0.05, 0.1) is 14.2 Å². The van der Waals surface area contributed by atoms with Crippen molar-refractivity contribution in [2.45, 2.75) is 84.6 Å². The number of aryl methyl sites for hydroxylation is 1. The molecule has 0 radical (unpaired) electrons. The molecule has 0 spiro atoms. The van der Waals surface area contributed by atoms with Crippen molar-refractivity contribution in [3.8, 4) is 17.2 Å². The highest BCUT2D eigenvalue weighted by Gasteiger charge is 2.25. The molecule has 2 N–H and O–H groups in total. The van der Waals surface area contributed by atoms with Crippen molar-refractivity contribution in [2.75, 3.05) is 14.2 Å². The number of methoxy groups -OCH3 is 2. The van der Waals surface area contributed by atoms with Crippen molar-refractivity contribution in [1.82, 2.24) is 10.3 Å². The van der Waals surface area contributed by atoms with Crippen LogP contribution < -0.4 is 19.5 Å². The summed E-state index contributed by atoms with van der Waals surface area (Å²) < 4.78 is 16.8. The number of carbonyl (C=O) groups excluding carboxylic acids is 1. The first kappa shape index (κ1) is 33.6. The lowest BCUT2D eigenvalue weighted by atomic mass is 9.87. The van der Waals surface area contributed by atoms with Crippen molar-refractivity contribution in [2.24, 2.45) is 5.92 Å². The molecule has 1 heterocycles. The molecule has 1 aliphatic carbocycles. The van der Waals surface area contributed by atoms with Crippen LogP contribution in [0.3, 0.4) is 0 Å². The highest BCUT2D eigenvalue weighted by Crippen LogP contribution is 2.31. The zero-order chi connectivity index (χ0) is 32.7. The summed E-state index contributed by atoms with van der Waals surface area (Å²) in [6.07, 6.45) is 7.45. The zero-order valence-corrected chi connectivity index (χ0v) is 27.5. The van der Waals surface area contributed by atoms with E-state index in [0.717, 1.165) is 41.8 Å². The van der Waals surface area contributed by atoms with E-state index >= 15 is 0 Å². The SMILES string of the molecule is COc1ccc(C[C@H](NC(=O)c2cc(C)c(/C=C(\C)Oc3ccc(C(C)(C)C)cc3)c(CC3CCCC3)n2)C(=O)O)cc1OC. The van der Waals surface area contributed by atoms with Crippen LogP contribution in [0, 0.1) is 12.8 Å².